The molecule has 108 valence electrons. The van der Waals surface area contributed by atoms with Crippen molar-refractivity contribution in [3.63, 3.8) is 0 Å². The van der Waals surface area contributed by atoms with E-state index in [2.05, 4.69) is 20.0 Å². The van der Waals surface area contributed by atoms with Crippen molar-refractivity contribution >= 4 is 28.0 Å². The van der Waals surface area contributed by atoms with Crippen molar-refractivity contribution in [2.75, 3.05) is 0 Å². The number of hydrogen-bond acceptors (Lipinski definition) is 6. The van der Waals surface area contributed by atoms with Gasteiger partial charge in [-0.25, -0.2) is 9.42 Å². The largest absolute Gasteiger partial charge is 0.692 e. The van der Waals surface area contributed by atoms with Crippen LogP contribution in [0, 0.1) is 5.21 Å². The van der Waals surface area contributed by atoms with Crippen LogP contribution in [0.3, 0.4) is 0 Å². The van der Waals surface area contributed by atoms with Gasteiger partial charge in [0.05, 0.1) is 10.7 Å². The number of aromatic carboxylic acids is 1. The third kappa shape index (κ3) is 1.62. The maximum absolute atomic E-state index is 12.4. The Kier molecular flexibility index (Phi) is 2.37. The molecule has 4 rings (SSSR count). The van der Waals surface area contributed by atoms with Gasteiger partial charge in [-0.3, -0.25) is 0 Å². The predicted molar refractivity (Wildman–Crippen MR) is 72.4 cm³/mol. The summed E-state index contributed by atoms with van der Waals surface area (Å²) in [6, 6.07) is 9.08. The molecule has 2 heterocycles. The van der Waals surface area contributed by atoms with Crippen molar-refractivity contribution in [2.45, 2.75) is 0 Å². The fourth-order valence-corrected chi connectivity index (χ4v) is 2.24. The van der Waals surface area contributed by atoms with Gasteiger partial charge >= 0.3 is 5.97 Å². The lowest BCUT2D eigenvalue weighted by atomic mass is 10.2. The lowest BCUT2D eigenvalue weighted by Gasteiger charge is -2.04. The third-order valence-electron chi connectivity index (χ3n) is 3.28. The molecule has 0 aliphatic carbocycles. The van der Waals surface area contributed by atoms with E-state index in [1.807, 2.05) is 0 Å². The van der Waals surface area contributed by atoms with Crippen LogP contribution in [0.2, 0.25) is 0 Å². The average Bonchev–Trinajstić information content (AvgIpc) is 3.12. The minimum absolute atomic E-state index is 0.0605. The van der Waals surface area contributed by atoms with Gasteiger partial charge in [-0.1, -0.05) is 6.07 Å². The van der Waals surface area contributed by atoms with Crippen LogP contribution in [0.4, 0.5) is 0 Å². The Morgan fingerprint density at radius 2 is 2.09 bits per heavy atom. The molecule has 0 saturated heterocycles. The van der Waals surface area contributed by atoms with Gasteiger partial charge < -0.3 is 10.3 Å². The average molecular weight is 297 g/mol. The van der Waals surface area contributed by atoms with E-state index in [0.29, 0.717) is 27.1 Å². The molecule has 0 unspecified atom stereocenters. The molecule has 0 bridgehead atoms. The molecular weight excluding hydrogens is 290 g/mol. The number of aromatic nitrogens is 5. The van der Waals surface area contributed by atoms with Crippen LogP contribution in [0.25, 0.3) is 27.8 Å². The van der Waals surface area contributed by atoms with Crippen LogP contribution in [-0.4, -0.2) is 31.3 Å². The van der Waals surface area contributed by atoms with Gasteiger partial charge in [0, 0.05) is 0 Å². The molecule has 0 aliphatic heterocycles. The lowest BCUT2D eigenvalue weighted by molar-refractivity contribution is -0.664. The highest BCUT2D eigenvalue weighted by Gasteiger charge is 2.22. The topological polar surface area (TPSA) is 121 Å². The van der Waals surface area contributed by atoms with Gasteiger partial charge in [0.15, 0.2) is 5.52 Å². The zero-order valence-electron chi connectivity index (χ0n) is 10.9. The lowest BCUT2D eigenvalue weighted by Crippen LogP contribution is -2.37. The number of carboxylic acids is 1. The van der Waals surface area contributed by atoms with Gasteiger partial charge in [0.1, 0.15) is 11.2 Å². The fourth-order valence-electron chi connectivity index (χ4n) is 2.24. The number of hydrogen-bond donors (Lipinski definition) is 1. The van der Waals surface area contributed by atoms with Crippen molar-refractivity contribution in [3.05, 3.63) is 47.2 Å². The van der Waals surface area contributed by atoms with Crippen LogP contribution in [-0.2, 0) is 0 Å². The van der Waals surface area contributed by atoms with Crippen molar-refractivity contribution < 1.29 is 19.4 Å². The van der Waals surface area contributed by atoms with Crippen LogP contribution >= 0.6 is 0 Å². The number of nitrogens with zero attached hydrogens (tertiary/aromatic N) is 5. The molecule has 4 aromatic rings. The molecule has 0 spiro atoms. The summed E-state index contributed by atoms with van der Waals surface area (Å²) in [5.74, 6) is -1.08. The SMILES string of the molecule is O=C(O)c1cccc(-n2nc3c4nonc4ccc3[n+]2[O-])c1. The van der Waals surface area contributed by atoms with E-state index < -0.39 is 5.97 Å². The molecule has 0 aliphatic rings. The minimum atomic E-state index is -1.08. The summed E-state index contributed by atoms with van der Waals surface area (Å²) < 4.78 is 4.64. The Morgan fingerprint density at radius 1 is 1.23 bits per heavy atom. The molecule has 22 heavy (non-hydrogen) atoms. The monoisotopic (exact) mass is 297 g/mol. The third-order valence-corrected chi connectivity index (χ3v) is 3.28. The molecule has 2 aromatic heterocycles. The summed E-state index contributed by atoms with van der Waals surface area (Å²) in [4.78, 5) is 12.7. The highest BCUT2D eigenvalue weighted by atomic mass is 16.6. The van der Waals surface area contributed by atoms with Gasteiger partial charge in [-0.15, -0.1) is 4.85 Å². The van der Waals surface area contributed by atoms with Crippen molar-refractivity contribution in [3.8, 4) is 5.69 Å². The first-order valence-corrected chi connectivity index (χ1v) is 6.23. The molecule has 0 fully saturated rings. The Bertz CT molecular complexity index is 1040. The summed E-state index contributed by atoms with van der Waals surface area (Å²) in [5.41, 5.74) is 1.85. The van der Waals surface area contributed by atoms with E-state index >= 15 is 0 Å². The van der Waals surface area contributed by atoms with E-state index in [-0.39, 0.29) is 11.1 Å². The van der Waals surface area contributed by atoms with E-state index in [1.54, 1.807) is 24.3 Å². The van der Waals surface area contributed by atoms with Crippen molar-refractivity contribution in [1.82, 2.24) is 20.2 Å². The molecule has 0 amide bonds. The zero-order valence-corrected chi connectivity index (χ0v) is 10.9. The van der Waals surface area contributed by atoms with Gasteiger partial charge in [-0.05, 0) is 45.4 Å². The smallest absolute Gasteiger partial charge is 0.335 e. The first-order chi connectivity index (χ1) is 10.6. The summed E-state index contributed by atoms with van der Waals surface area (Å²) in [6.45, 7) is 0. The highest BCUT2D eigenvalue weighted by molar-refractivity contribution is 5.97. The van der Waals surface area contributed by atoms with E-state index in [0.717, 1.165) is 4.80 Å². The van der Waals surface area contributed by atoms with Crippen LogP contribution < -0.4 is 4.85 Å². The summed E-state index contributed by atoms with van der Waals surface area (Å²) in [5, 5.41) is 33.0. The van der Waals surface area contributed by atoms with Gasteiger partial charge in [0.2, 0.25) is 5.52 Å². The summed E-state index contributed by atoms with van der Waals surface area (Å²) >= 11 is 0. The maximum Gasteiger partial charge on any atom is 0.335 e. The number of benzene rings is 2. The minimum Gasteiger partial charge on any atom is -0.692 e. The Balaban J connectivity index is 2.01. The van der Waals surface area contributed by atoms with Crippen molar-refractivity contribution in [2.24, 2.45) is 0 Å². The van der Waals surface area contributed by atoms with Crippen LogP contribution in [0.1, 0.15) is 10.4 Å². The Morgan fingerprint density at radius 3 is 2.91 bits per heavy atom. The van der Waals surface area contributed by atoms with Crippen LogP contribution in [0.15, 0.2) is 41.0 Å². The molecular formula is C13H7N5O4. The van der Waals surface area contributed by atoms with E-state index in [9.17, 15) is 10.0 Å². The first kappa shape index (κ1) is 12.3. The molecule has 1 N–H and O–H groups in total. The normalized spacial score (nSPS) is 11.3. The Hall–Kier alpha value is -3.49. The first-order valence-electron chi connectivity index (χ1n) is 6.23. The summed E-state index contributed by atoms with van der Waals surface area (Å²) in [6.07, 6.45) is 0. The fraction of sp³-hybridized carbons (Fsp3) is 0. The second-order valence-corrected chi connectivity index (χ2v) is 4.58. The molecule has 0 saturated carbocycles. The molecule has 2 aromatic carbocycles. The van der Waals surface area contributed by atoms with Gasteiger partial charge in [-0.2, -0.15) is 0 Å². The number of fused-ring (bicyclic) bond motifs is 3. The zero-order chi connectivity index (χ0) is 15.3. The number of carboxylic acid groups (broad SMARTS) is 1. The molecule has 0 atom stereocenters. The van der Waals surface area contributed by atoms with Gasteiger partial charge in [0.25, 0.3) is 5.52 Å². The second kappa shape index (κ2) is 4.25. The van der Waals surface area contributed by atoms with E-state index in [4.69, 9.17) is 5.11 Å². The van der Waals surface area contributed by atoms with Crippen LogP contribution in [0.5, 0.6) is 0 Å². The highest BCUT2D eigenvalue weighted by Crippen LogP contribution is 2.19. The standard InChI is InChI=1S/C13H7N5O4/c19-13(20)7-2-1-3-8(6-7)17-14-12-10(18(17)21)5-4-9-11(12)16-22-15-9/h1-6H,(H,19,20). The quantitative estimate of drug-likeness (QED) is 0.430. The molecule has 9 nitrogen and oxygen atoms in total. The second-order valence-electron chi connectivity index (χ2n) is 4.58. The summed E-state index contributed by atoms with van der Waals surface area (Å²) in [7, 11) is 0. The number of rotatable bonds is 2. The maximum atomic E-state index is 12.4. The van der Waals surface area contributed by atoms with Crippen molar-refractivity contribution in [1.29, 1.82) is 0 Å². The number of carbonyl (C=O) groups is 1. The predicted octanol–water partition coefficient (Wildman–Crippen LogP) is 0.893. The molecule has 9 heteroatoms. The molecule has 0 radical (unpaired) electrons. The Labute approximate surface area is 121 Å². The van der Waals surface area contributed by atoms with E-state index in [1.165, 1.54) is 12.1 Å².